The molecule has 1 aliphatic rings. The van der Waals surface area contributed by atoms with Gasteiger partial charge in [-0.05, 0) is 12.7 Å². The quantitative estimate of drug-likeness (QED) is 0.437. The fourth-order valence-corrected chi connectivity index (χ4v) is 3.18. The highest BCUT2D eigenvalue weighted by Gasteiger charge is 2.42. The van der Waals surface area contributed by atoms with E-state index < -0.39 is 18.2 Å². The van der Waals surface area contributed by atoms with E-state index in [0.29, 0.717) is 22.7 Å². The van der Waals surface area contributed by atoms with Crippen LogP contribution in [0.15, 0.2) is 11.5 Å². The van der Waals surface area contributed by atoms with Gasteiger partial charge < -0.3 is 25.6 Å². The minimum absolute atomic E-state index is 0.172. The summed E-state index contributed by atoms with van der Waals surface area (Å²) in [6.45, 7) is -0.172. The molecule has 0 saturated heterocycles. The van der Waals surface area contributed by atoms with Gasteiger partial charge in [-0.2, -0.15) is 0 Å². The van der Waals surface area contributed by atoms with Crippen molar-refractivity contribution in [3.8, 4) is 0 Å². The average molecular weight is 311 g/mol. The third-order valence-corrected chi connectivity index (χ3v) is 4.52. The van der Waals surface area contributed by atoms with E-state index in [0.717, 1.165) is 0 Å². The second-order valence-electron chi connectivity index (χ2n) is 5.15. The van der Waals surface area contributed by atoms with Crippen LogP contribution in [0.2, 0.25) is 0 Å². The normalized spacial score (nSPS) is 29.3. The van der Waals surface area contributed by atoms with E-state index in [-0.39, 0.29) is 18.3 Å². The fraction of sp³-hybridized carbons (Fsp3) is 0.583. The van der Waals surface area contributed by atoms with Crippen LogP contribution in [0.4, 0.5) is 5.82 Å². The largest absolute Gasteiger partial charge is 0.396 e. The molecule has 8 nitrogen and oxygen atoms in total. The van der Waals surface area contributed by atoms with E-state index in [1.807, 2.05) is 6.26 Å². The van der Waals surface area contributed by atoms with Gasteiger partial charge in [-0.15, -0.1) is 0 Å². The van der Waals surface area contributed by atoms with Gasteiger partial charge in [-0.1, -0.05) is 11.8 Å². The number of nitrogen functional groups attached to an aromatic ring is 1. The van der Waals surface area contributed by atoms with Gasteiger partial charge >= 0.3 is 0 Å². The number of rotatable bonds is 3. The van der Waals surface area contributed by atoms with Gasteiger partial charge in [0.25, 0.3) is 0 Å². The smallest absolute Gasteiger partial charge is 0.191 e. The number of hydrogen-bond acceptors (Lipinski definition) is 8. The van der Waals surface area contributed by atoms with Crippen molar-refractivity contribution in [2.75, 3.05) is 18.6 Å². The SMILES string of the molecule is CSc1nc(N)c2ncn([C@@H]3C[C@H](CO)[C@@H](O)[C@H]3O)c2n1. The molecule has 1 aliphatic carbocycles. The number of imidazole rings is 1. The Kier molecular flexibility index (Phi) is 3.74. The summed E-state index contributed by atoms with van der Waals surface area (Å²) in [5.41, 5.74) is 6.87. The molecule has 5 N–H and O–H groups in total. The van der Waals surface area contributed by atoms with Crippen LogP contribution in [0.5, 0.6) is 0 Å². The summed E-state index contributed by atoms with van der Waals surface area (Å²) in [7, 11) is 0. The monoisotopic (exact) mass is 311 g/mol. The van der Waals surface area contributed by atoms with Crippen LogP contribution in [0.25, 0.3) is 11.2 Å². The summed E-state index contributed by atoms with van der Waals surface area (Å²) in [6, 6.07) is -0.397. The minimum atomic E-state index is -0.978. The van der Waals surface area contributed by atoms with Crippen molar-refractivity contribution in [1.29, 1.82) is 0 Å². The van der Waals surface area contributed by atoms with E-state index in [4.69, 9.17) is 5.73 Å². The highest BCUT2D eigenvalue weighted by atomic mass is 32.2. The number of aliphatic hydroxyl groups excluding tert-OH is 3. The third-order valence-electron chi connectivity index (χ3n) is 3.97. The van der Waals surface area contributed by atoms with Crippen molar-refractivity contribution in [2.45, 2.75) is 29.8 Å². The minimum Gasteiger partial charge on any atom is -0.396 e. The first kappa shape index (κ1) is 14.5. The summed E-state index contributed by atoms with van der Waals surface area (Å²) in [6.07, 6.45) is 1.89. The molecule has 0 amide bonds. The van der Waals surface area contributed by atoms with Gasteiger partial charge in [-0.25, -0.2) is 15.0 Å². The topological polar surface area (TPSA) is 130 Å². The molecule has 0 aromatic carbocycles. The molecule has 9 heteroatoms. The lowest BCUT2D eigenvalue weighted by molar-refractivity contribution is -0.00371. The van der Waals surface area contributed by atoms with Crippen molar-refractivity contribution in [3.05, 3.63) is 6.33 Å². The van der Waals surface area contributed by atoms with Crippen molar-refractivity contribution < 1.29 is 15.3 Å². The van der Waals surface area contributed by atoms with Crippen molar-refractivity contribution in [1.82, 2.24) is 19.5 Å². The Morgan fingerprint density at radius 3 is 2.76 bits per heavy atom. The maximum Gasteiger partial charge on any atom is 0.191 e. The van der Waals surface area contributed by atoms with Gasteiger partial charge in [-0.3, -0.25) is 0 Å². The molecule has 4 atom stereocenters. The standard InChI is InChI=1S/C12H17N5O3S/c1-21-12-15-10(13)7-11(16-12)17(4-14-7)6-2-5(3-18)8(19)9(6)20/h4-6,8-9,18-20H,2-3H2,1H3,(H2,13,15,16)/t5-,6-,8-,9+/m1/s1. The number of thioether (sulfide) groups is 1. The van der Waals surface area contributed by atoms with Gasteiger partial charge in [0.05, 0.1) is 18.5 Å². The summed E-state index contributed by atoms with van der Waals surface area (Å²) in [5.74, 6) is -0.0727. The zero-order valence-corrected chi connectivity index (χ0v) is 12.2. The molecule has 21 heavy (non-hydrogen) atoms. The summed E-state index contributed by atoms with van der Waals surface area (Å²) < 4.78 is 1.70. The lowest BCUT2D eigenvalue weighted by Crippen LogP contribution is -2.30. The van der Waals surface area contributed by atoms with E-state index in [2.05, 4.69) is 15.0 Å². The van der Waals surface area contributed by atoms with E-state index in [1.165, 1.54) is 11.8 Å². The van der Waals surface area contributed by atoms with Crippen LogP contribution in [-0.2, 0) is 0 Å². The second kappa shape index (κ2) is 5.41. The van der Waals surface area contributed by atoms with E-state index in [9.17, 15) is 15.3 Å². The maximum absolute atomic E-state index is 10.2. The van der Waals surface area contributed by atoms with Crippen LogP contribution >= 0.6 is 11.8 Å². The molecule has 3 rings (SSSR count). The predicted molar refractivity (Wildman–Crippen MR) is 77.8 cm³/mol. The first-order valence-electron chi connectivity index (χ1n) is 6.57. The Hall–Kier alpha value is -1.42. The molecule has 2 aromatic rings. The number of aromatic nitrogens is 4. The molecular weight excluding hydrogens is 294 g/mol. The Balaban J connectivity index is 2.07. The van der Waals surface area contributed by atoms with E-state index >= 15 is 0 Å². The first-order chi connectivity index (χ1) is 10.1. The molecule has 2 heterocycles. The Labute approximate surface area is 125 Å². The number of nitrogens with two attached hydrogens (primary N) is 1. The summed E-state index contributed by atoms with van der Waals surface area (Å²) in [4.78, 5) is 12.7. The van der Waals surface area contributed by atoms with Crippen LogP contribution < -0.4 is 5.73 Å². The number of anilines is 1. The van der Waals surface area contributed by atoms with Crippen molar-refractivity contribution >= 4 is 28.7 Å². The molecule has 0 bridgehead atoms. The van der Waals surface area contributed by atoms with Gasteiger partial charge in [0.1, 0.15) is 11.6 Å². The molecule has 1 fully saturated rings. The van der Waals surface area contributed by atoms with Crippen molar-refractivity contribution in [3.63, 3.8) is 0 Å². The zero-order valence-electron chi connectivity index (χ0n) is 11.4. The number of hydrogen-bond donors (Lipinski definition) is 4. The van der Waals surface area contributed by atoms with Gasteiger partial charge in [0.2, 0.25) is 0 Å². The Bertz CT molecular complexity index is 664. The first-order valence-corrected chi connectivity index (χ1v) is 7.80. The maximum atomic E-state index is 10.2. The number of nitrogens with zero attached hydrogens (tertiary/aromatic N) is 4. The highest BCUT2D eigenvalue weighted by molar-refractivity contribution is 7.98. The third kappa shape index (κ3) is 2.26. The Morgan fingerprint density at radius 1 is 1.38 bits per heavy atom. The number of aliphatic hydroxyl groups is 3. The van der Waals surface area contributed by atoms with Crippen molar-refractivity contribution in [2.24, 2.45) is 5.92 Å². The molecule has 0 unspecified atom stereocenters. The lowest BCUT2D eigenvalue weighted by atomic mass is 10.1. The molecule has 0 spiro atoms. The Morgan fingerprint density at radius 2 is 2.14 bits per heavy atom. The molecule has 114 valence electrons. The molecule has 1 saturated carbocycles. The van der Waals surface area contributed by atoms with Crippen LogP contribution in [0.1, 0.15) is 12.5 Å². The summed E-state index contributed by atoms with van der Waals surface area (Å²) in [5, 5.41) is 29.9. The molecule has 0 aliphatic heterocycles. The van der Waals surface area contributed by atoms with Gasteiger partial charge in [0.15, 0.2) is 16.6 Å². The average Bonchev–Trinajstić information content (AvgIpc) is 3.02. The highest BCUT2D eigenvalue weighted by Crippen LogP contribution is 2.37. The van der Waals surface area contributed by atoms with E-state index in [1.54, 1.807) is 10.9 Å². The fourth-order valence-electron chi connectivity index (χ4n) is 2.81. The lowest BCUT2D eigenvalue weighted by Gasteiger charge is -2.18. The van der Waals surface area contributed by atoms with Crippen LogP contribution in [0.3, 0.4) is 0 Å². The van der Waals surface area contributed by atoms with Crippen LogP contribution in [-0.4, -0.2) is 59.9 Å². The van der Waals surface area contributed by atoms with Gasteiger partial charge in [0, 0.05) is 12.5 Å². The second-order valence-corrected chi connectivity index (χ2v) is 5.92. The van der Waals surface area contributed by atoms with Crippen LogP contribution in [0, 0.1) is 5.92 Å². The molecule has 2 aromatic heterocycles. The number of fused-ring (bicyclic) bond motifs is 1. The molecular formula is C12H17N5O3S. The molecule has 0 radical (unpaired) electrons. The zero-order chi connectivity index (χ0) is 15.1. The predicted octanol–water partition coefficient (Wildman–Crippen LogP) is -0.595. The summed E-state index contributed by atoms with van der Waals surface area (Å²) >= 11 is 1.36.